The van der Waals surface area contributed by atoms with Crippen LogP contribution in [0, 0.1) is 0 Å². The maximum atomic E-state index is 11.8. The smallest absolute Gasteiger partial charge is 0.227 e. The summed E-state index contributed by atoms with van der Waals surface area (Å²) in [6.07, 6.45) is 1.59. The standard InChI is InChI=1S/C21H25N3O2/c1-15(18-5-3-6-19(13-18)23-16(2)25)22-14-17-8-10-20(11-9-17)24-12-4-7-21(24)26/h3,5-6,8-11,13,15,22H,4,7,12,14H2,1-2H3,(H,23,25). The van der Waals surface area contributed by atoms with E-state index in [9.17, 15) is 9.59 Å². The van der Waals surface area contributed by atoms with Crippen LogP contribution in [0.1, 0.15) is 43.9 Å². The molecule has 5 heteroatoms. The molecule has 26 heavy (non-hydrogen) atoms. The van der Waals surface area contributed by atoms with Crippen LogP contribution in [0.4, 0.5) is 11.4 Å². The third-order valence-electron chi connectivity index (χ3n) is 4.64. The van der Waals surface area contributed by atoms with E-state index in [-0.39, 0.29) is 17.9 Å². The predicted molar refractivity (Wildman–Crippen MR) is 104 cm³/mol. The summed E-state index contributed by atoms with van der Waals surface area (Å²) >= 11 is 0. The second kappa shape index (κ2) is 8.15. The summed E-state index contributed by atoms with van der Waals surface area (Å²) in [7, 11) is 0. The van der Waals surface area contributed by atoms with E-state index in [1.165, 1.54) is 12.5 Å². The molecule has 0 saturated carbocycles. The number of carbonyl (C=O) groups excluding carboxylic acids is 2. The summed E-state index contributed by atoms with van der Waals surface area (Å²) in [5.74, 6) is 0.142. The summed E-state index contributed by atoms with van der Waals surface area (Å²) in [5.41, 5.74) is 4.08. The molecule has 1 atom stereocenters. The van der Waals surface area contributed by atoms with E-state index in [1.807, 2.05) is 41.3 Å². The van der Waals surface area contributed by atoms with Crippen LogP contribution >= 0.6 is 0 Å². The van der Waals surface area contributed by atoms with Gasteiger partial charge in [-0.2, -0.15) is 0 Å². The third kappa shape index (κ3) is 4.49. The van der Waals surface area contributed by atoms with Gasteiger partial charge in [0.1, 0.15) is 0 Å². The zero-order chi connectivity index (χ0) is 18.5. The van der Waals surface area contributed by atoms with Crippen LogP contribution < -0.4 is 15.5 Å². The van der Waals surface area contributed by atoms with Crippen molar-refractivity contribution in [2.45, 2.75) is 39.3 Å². The summed E-state index contributed by atoms with van der Waals surface area (Å²) < 4.78 is 0. The van der Waals surface area contributed by atoms with Gasteiger partial charge in [-0.05, 0) is 48.7 Å². The lowest BCUT2D eigenvalue weighted by Crippen LogP contribution is -2.23. The number of hydrogen-bond donors (Lipinski definition) is 2. The fraction of sp³-hybridized carbons (Fsp3) is 0.333. The van der Waals surface area contributed by atoms with E-state index in [4.69, 9.17) is 0 Å². The fourth-order valence-electron chi connectivity index (χ4n) is 3.19. The molecule has 2 aromatic rings. The van der Waals surface area contributed by atoms with E-state index in [2.05, 4.69) is 29.7 Å². The van der Waals surface area contributed by atoms with E-state index >= 15 is 0 Å². The van der Waals surface area contributed by atoms with E-state index in [0.29, 0.717) is 6.42 Å². The van der Waals surface area contributed by atoms with Crippen molar-refractivity contribution in [1.82, 2.24) is 5.32 Å². The van der Waals surface area contributed by atoms with Crippen LogP contribution in [0.5, 0.6) is 0 Å². The number of amides is 2. The van der Waals surface area contributed by atoms with Gasteiger partial charge in [-0.15, -0.1) is 0 Å². The van der Waals surface area contributed by atoms with E-state index < -0.39 is 0 Å². The van der Waals surface area contributed by atoms with Crippen LogP contribution in [-0.4, -0.2) is 18.4 Å². The molecule has 1 unspecified atom stereocenters. The number of benzene rings is 2. The molecule has 1 fully saturated rings. The molecule has 0 aromatic heterocycles. The predicted octanol–water partition coefficient (Wildman–Crippen LogP) is 3.62. The minimum absolute atomic E-state index is 0.0701. The van der Waals surface area contributed by atoms with Crippen molar-refractivity contribution in [3.8, 4) is 0 Å². The highest BCUT2D eigenvalue weighted by atomic mass is 16.2. The number of nitrogens with one attached hydrogen (secondary N) is 2. The molecule has 1 saturated heterocycles. The lowest BCUT2D eigenvalue weighted by molar-refractivity contribution is -0.117. The number of anilines is 2. The first-order valence-corrected chi connectivity index (χ1v) is 9.03. The second-order valence-electron chi connectivity index (χ2n) is 6.72. The molecule has 0 spiro atoms. The second-order valence-corrected chi connectivity index (χ2v) is 6.72. The molecule has 1 aliphatic rings. The third-order valence-corrected chi connectivity index (χ3v) is 4.64. The summed E-state index contributed by atoms with van der Waals surface area (Å²) in [4.78, 5) is 24.9. The van der Waals surface area contributed by atoms with Gasteiger partial charge in [0.05, 0.1) is 0 Å². The minimum Gasteiger partial charge on any atom is -0.326 e. The Morgan fingerprint density at radius 3 is 2.62 bits per heavy atom. The molecule has 0 aliphatic carbocycles. The molecule has 1 heterocycles. The lowest BCUT2D eigenvalue weighted by Gasteiger charge is -2.17. The topological polar surface area (TPSA) is 61.4 Å². The van der Waals surface area contributed by atoms with Gasteiger partial charge in [0.15, 0.2) is 0 Å². The molecule has 2 N–H and O–H groups in total. The number of hydrogen-bond acceptors (Lipinski definition) is 3. The molecule has 136 valence electrons. The van der Waals surface area contributed by atoms with Crippen LogP contribution in [0.15, 0.2) is 48.5 Å². The summed E-state index contributed by atoms with van der Waals surface area (Å²) in [6.45, 7) is 5.16. The molecule has 2 amide bonds. The number of nitrogens with zero attached hydrogens (tertiary/aromatic N) is 1. The monoisotopic (exact) mass is 351 g/mol. The highest BCUT2D eigenvalue weighted by molar-refractivity contribution is 5.95. The normalized spacial score (nSPS) is 15.2. The van der Waals surface area contributed by atoms with Crippen molar-refractivity contribution in [3.05, 3.63) is 59.7 Å². The van der Waals surface area contributed by atoms with Crippen molar-refractivity contribution in [2.24, 2.45) is 0 Å². The van der Waals surface area contributed by atoms with Gasteiger partial charge in [-0.3, -0.25) is 9.59 Å². The first kappa shape index (κ1) is 18.1. The van der Waals surface area contributed by atoms with Crippen LogP contribution in [0.2, 0.25) is 0 Å². The van der Waals surface area contributed by atoms with Gasteiger partial charge in [-0.1, -0.05) is 24.3 Å². The summed E-state index contributed by atoms with van der Waals surface area (Å²) in [6, 6.07) is 16.2. The Bertz CT molecular complexity index is 786. The quantitative estimate of drug-likeness (QED) is 0.835. The summed E-state index contributed by atoms with van der Waals surface area (Å²) in [5, 5.41) is 6.31. The maximum absolute atomic E-state index is 11.8. The van der Waals surface area contributed by atoms with Crippen molar-refractivity contribution < 1.29 is 9.59 Å². The molecule has 1 aliphatic heterocycles. The van der Waals surface area contributed by atoms with Crippen molar-refractivity contribution in [3.63, 3.8) is 0 Å². The zero-order valence-electron chi connectivity index (χ0n) is 15.3. The van der Waals surface area contributed by atoms with Gasteiger partial charge < -0.3 is 15.5 Å². The van der Waals surface area contributed by atoms with Crippen LogP contribution in [0.25, 0.3) is 0 Å². The highest BCUT2D eigenvalue weighted by Gasteiger charge is 2.21. The highest BCUT2D eigenvalue weighted by Crippen LogP contribution is 2.22. The van der Waals surface area contributed by atoms with Gasteiger partial charge >= 0.3 is 0 Å². The molecule has 0 radical (unpaired) electrons. The minimum atomic E-state index is -0.0701. The molecular weight excluding hydrogens is 326 g/mol. The molecule has 2 aromatic carbocycles. The Labute approximate surface area is 154 Å². The Morgan fingerprint density at radius 2 is 1.96 bits per heavy atom. The Hall–Kier alpha value is -2.66. The largest absolute Gasteiger partial charge is 0.326 e. The number of carbonyl (C=O) groups is 2. The van der Waals surface area contributed by atoms with Crippen LogP contribution in [0.3, 0.4) is 0 Å². The van der Waals surface area contributed by atoms with E-state index in [1.54, 1.807) is 0 Å². The van der Waals surface area contributed by atoms with Crippen molar-refractivity contribution >= 4 is 23.2 Å². The Balaban J connectivity index is 1.58. The van der Waals surface area contributed by atoms with Gasteiger partial charge in [0.25, 0.3) is 0 Å². The Morgan fingerprint density at radius 1 is 1.19 bits per heavy atom. The fourth-order valence-corrected chi connectivity index (χ4v) is 3.19. The van der Waals surface area contributed by atoms with Crippen molar-refractivity contribution in [1.29, 1.82) is 0 Å². The average Bonchev–Trinajstić information content (AvgIpc) is 3.06. The maximum Gasteiger partial charge on any atom is 0.227 e. The number of rotatable bonds is 6. The zero-order valence-corrected chi connectivity index (χ0v) is 15.3. The molecule has 0 bridgehead atoms. The van der Waals surface area contributed by atoms with Crippen molar-refractivity contribution in [2.75, 3.05) is 16.8 Å². The SMILES string of the molecule is CC(=O)Nc1cccc(C(C)NCc2ccc(N3CCCC3=O)cc2)c1. The molecule has 5 nitrogen and oxygen atoms in total. The first-order chi connectivity index (χ1) is 12.5. The van der Waals surface area contributed by atoms with Crippen LogP contribution in [-0.2, 0) is 16.1 Å². The molecule has 3 rings (SSSR count). The van der Waals surface area contributed by atoms with Gasteiger partial charge in [-0.25, -0.2) is 0 Å². The van der Waals surface area contributed by atoms with E-state index in [0.717, 1.165) is 36.4 Å². The lowest BCUT2D eigenvalue weighted by atomic mass is 10.1. The van der Waals surface area contributed by atoms with Gasteiger partial charge in [0, 0.05) is 43.9 Å². The average molecular weight is 351 g/mol. The first-order valence-electron chi connectivity index (χ1n) is 9.03. The molecular formula is C21H25N3O2. The Kier molecular flexibility index (Phi) is 5.68. The van der Waals surface area contributed by atoms with Gasteiger partial charge in [0.2, 0.25) is 11.8 Å².